The Morgan fingerprint density at radius 3 is 2.95 bits per heavy atom. The average molecular weight is 290 g/mol. The molecule has 3 rings (SSSR count). The van der Waals surface area contributed by atoms with Crippen molar-refractivity contribution in [2.45, 2.75) is 31.7 Å². The van der Waals surface area contributed by atoms with Crippen molar-refractivity contribution in [2.75, 3.05) is 5.32 Å². The Labute approximate surface area is 119 Å². The smallest absolute Gasteiger partial charge is 0.267 e. The van der Waals surface area contributed by atoms with Gasteiger partial charge in [0, 0.05) is 23.6 Å². The highest BCUT2D eigenvalue weighted by atomic mass is 32.1. The van der Waals surface area contributed by atoms with Crippen LogP contribution in [0.5, 0.6) is 0 Å². The molecule has 0 radical (unpaired) electrons. The first-order chi connectivity index (χ1) is 9.65. The van der Waals surface area contributed by atoms with Gasteiger partial charge in [-0.25, -0.2) is 9.67 Å². The molecular weight excluding hydrogens is 276 g/mol. The van der Waals surface area contributed by atoms with Gasteiger partial charge in [0.15, 0.2) is 5.13 Å². The standard InChI is InChI=1S/C13H14N4O2S/c1-8(12(19)15-13-14-6-7-20-13)17-11(18)5-4-10(16-17)9-2-3-9/h4-9H,2-3H2,1H3,(H,14,15,19)/t8-/m1/s1. The van der Waals surface area contributed by atoms with E-state index in [0.717, 1.165) is 18.5 Å². The van der Waals surface area contributed by atoms with E-state index in [4.69, 9.17) is 0 Å². The molecule has 104 valence electrons. The van der Waals surface area contributed by atoms with Gasteiger partial charge in [-0.05, 0) is 25.8 Å². The summed E-state index contributed by atoms with van der Waals surface area (Å²) in [5, 5.41) is 9.29. The van der Waals surface area contributed by atoms with Crippen molar-refractivity contribution in [3.8, 4) is 0 Å². The van der Waals surface area contributed by atoms with E-state index in [0.29, 0.717) is 11.0 Å². The molecule has 1 fully saturated rings. The van der Waals surface area contributed by atoms with Crippen LogP contribution in [-0.4, -0.2) is 20.7 Å². The molecule has 1 aliphatic carbocycles. The van der Waals surface area contributed by atoms with Gasteiger partial charge in [-0.15, -0.1) is 11.3 Å². The fourth-order valence-corrected chi connectivity index (χ4v) is 2.45. The zero-order valence-corrected chi connectivity index (χ0v) is 11.8. The highest BCUT2D eigenvalue weighted by Crippen LogP contribution is 2.38. The van der Waals surface area contributed by atoms with Crippen LogP contribution in [0.1, 0.15) is 37.4 Å². The third-order valence-electron chi connectivity index (χ3n) is 3.25. The molecule has 1 N–H and O–H groups in total. The topological polar surface area (TPSA) is 76.9 Å². The van der Waals surface area contributed by atoms with E-state index < -0.39 is 6.04 Å². The Kier molecular flexibility index (Phi) is 3.35. The number of rotatable bonds is 4. The molecule has 1 atom stereocenters. The molecule has 0 aliphatic heterocycles. The van der Waals surface area contributed by atoms with Crippen LogP contribution in [0.25, 0.3) is 0 Å². The van der Waals surface area contributed by atoms with E-state index in [9.17, 15) is 9.59 Å². The maximum Gasteiger partial charge on any atom is 0.267 e. The Balaban J connectivity index is 1.82. The fraction of sp³-hybridized carbons (Fsp3) is 0.385. The van der Waals surface area contributed by atoms with Crippen LogP contribution in [0.2, 0.25) is 0 Å². The van der Waals surface area contributed by atoms with Crippen molar-refractivity contribution in [3.63, 3.8) is 0 Å². The second-order valence-electron chi connectivity index (χ2n) is 4.82. The van der Waals surface area contributed by atoms with Crippen molar-refractivity contribution >= 4 is 22.4 Å². The van der Waals surface area contributed by atoms with Gasteiger partial charge in [0.25, 0.3) is 11.5 Å². The van der Waals surface area contributed by atoms with Gasteiger partial charge in [-0.2, -0.15) is 5.10 Å². The summed E-state index contributed by atoms with van der Waals surface area (Å²) in [7, 11) is 0. The number of thiazole rings is 1. The third kappa shape index (κ3) is 2.62. The number of anilines is 1. The highest BCUT2D eigenvalue weighted by molar-refractivity contribution is 7.13. The first kappa shape index (κ1) is 13.0. The third-order valence-corrected chi connectivity index (χ3v) is 3.94. The minimum atomic E-state index is -0.662. The van der Waals surface area contributed by atoms with Gasteiger partial charge in [-0.3, -0.25) is 9.59 Å². The largest absolute Gasteiger partial charge is 0.300 e. The predicted molar refractivity (Wildman–Crippen MR) is 75.9 cm³/mol. The number of aromatic nitrogens is 3. The van der Waals surface area contributed by atoms with Crippen molar-refractivity contribution in [3.05, 3.63) is 39.8 Å². The normalized spacial score (nSPS) is 15.8. The van der Waals surface area contributed by atoms with Gasteiger partial charge < -0.3 is 5.32 Å². The van der Waals surface area contributed by atoms with Gasteiger partial charge in [0.1, 0.15) is 6.04 Å². The Morgan fingerprint density at radius 1 is 1.50 bits per heavy atom. The number of hydrogen-bond acceptors (Lipinski definition) is 5. The van der Waals surface area contributed by atoms with Crippen LogP contribution in [0.3, 0.4) is 0 Å². The van der Waals surface area contributed by atoms with E-state index in [-0.39, 0.29) is 11.5 Å². The van der Waals surface area contributed by atoms with Crippen LogP contribution in [0.15, 0.2) is 28.5 Å². The van der Waals surface area contributed by atoms with Crippen molar-refractivity contribution in [2.24, 2.45) is 0 Å². The molecular formula is C13H14N4O2S. The first-order valence-corrected chi connectivity index (χ1v) is 7.33. The van der Waals surface area contributed by atoms with E-state index in [2.05, 4.69) is 15.4 Å². The number of hydrogen-bond donors (Lipinski definition) is 1. The molecule has 1 aliphatic rings. The molecule has 0 spiro atoms. The lowest BCUT2D eigenvalue weighted by Gasteiger charge is -2.13. The zero-order valence-electron chi connectivity index (χ0n) is 10.9. The lowest BCUT2D eigenvalue weighted by atomic mass is 10.2. The summed E-state index contributed by atoms with van der Waals surface area (Å²) in [6.07, 6.45) is 3.82. The van der Waals surface area contributed by atoms with Gasteiger partial charge >= 0.3 is 0 Å². The summed E-state index contributed by atoms with van der Waals surface area (Å²) in [4.78, 5) is 28.0. The molecule has 2 aromatic heterocycles. The van der Waals surface area contributed by atoms with E-state index in [1.807, 2.05) is 0 Å². The van der Waals surface area contributed by atoms with Gasteiger partial charge in [0.05, 0.1) is 5.69 Å². The molecule has 2 aromatic rings. The fourth-order valence-electron chi connectivity index (χ4n) is 1.92. The minimum Gasteiger partial charge on any atom is -0.300 e. The van der Waals surface area contributed by atoms with Gasteiger partial charge in [0.2, 0.25) is 0 Å². The van der Waals surface area contributed by atoms with Crippen molar-refractivity contribution in [1.29, 1.82) is 0 Å². The maximum absolute atomic E-state index is 12.1. The van der Waals surface area contributed by atoms with Crippen LogP contribution >= 0.6 is 11.3 Å². The molecule has 0 saturated heterocycles. The van der Waals surface area contributed by atoms with Crippen LogP contribution in [-0.2, 0) is 4.79 Å². The molecule has 7 heteroatoms. The maximum atomic E-state index is 12.1. The Hall–Kier alpha value is -2.02. The number of carbonyl (C=O) groups is 1. The van der Waals surface area contributed by atoms with Crippen LogP contribution in [0.4, 0.5) is 5.13 Å². The Morgan fingerprint density at radius 2 is 2.30 bits per heavy atom. The van der Waals surface area contributed by atoms with E-state index in [1.165, 1.54) is 22.1 Å². The molecule has 0 aromatic carbocycles. The van der Waals surface area contributed by atoms with Crippen LogP contribution < -0.4 is 10.9 Å². The minimum absolute atomic E-state index is 0.267. The molecule has 2 heterocycles. The lowest BCUT2D eigenvalue weighted by Crippen LogP contribution is -2.33. The van der Waals surface area contributed by atoms with Crippen molar-refractivity contribution < 1.29 is 4.79 Å². The average Bonchev–Trinajstić information content (AvgIpc) is 3.17. The highest BCUT2D eigenvalue weighted by Gasteiger charge is 2.27. The van der Waals surface area contributed by atoms with E-state index >= 15 is 0 Å². The quantitative estimate of drug-likeness (QED) is 0.931. The molecule has 6 nitrogen and oxygen atoms in total. The number of nitrogens with one attached hydrogen (secondary N) is 1. The Bertz CT molecular complexity index is 676. The zero-order chi connectivity index (χ0) is 14.1. The first-order valence-electron chi connectivity index (χ1n) is 6.45. The second kappa shape index (κ2) is 5.16. The number of nitrogens with zero attached hydrogens (tertiary/aromatic N) is 3. The molecule has 20 heavy (non-hydrogen) atoms. The van der Waals surface area contributed by atoms with E-state index in [1.54, 1.807) is 24.6 Å². The summed E-state index contributed by atoms with van der Waals surface area (Å²) in [5.74, 6) is 0.151. The summed E-state index contributed by atoms with van der Waals surface area (Å²) >= 11 is 1.34. The molecule has 0 unspecified atom stereocenters. The summed E-state index contributed by atoms with van der Waals surface area (Å²) < 4.78 is 1.25. The monoisotopic (exact) mass is 290 g/mol. The van der Waals surface area contributed by atoms with Gasteiger partial charge in [-0.1, -0.05) is 0 Å². The second-order valence-corrected chi connectivity index (χ2v) is 5.71. The van der Waals surface area contributed by atoms with Crippen molar-refractivity contribution in [1.82, 2.24) is 14.8 Å². The predicted octanol–water partition coefficient (Wildman–Crippen LogP) is 1.78. The number of amides is 1. The summed E-state index contributed by atoms with van der Waals surface area (Å²) in [5.41, 5.74) is 0.620. The lowest BCUT2D eigenvalue weighted by molar-refractivity contribution is -0.119. The molecule has 0 bridgehead atoms. The number of carbonyl (C=O) groups excluding carboxylic acids is 1. The summed E-state index contributed by atoms with van der Waals surface area (Å²) in [6, 6.07) is 2.57. The molecule has 1 amide bonds. The summed E-state index contributed by atoms with van der Waals surface area (Å²) in [6.45, 7) is 1.66. The SMILES string of the molecule is C[C@H](C(=O)Nc1nccs1)n1nc(C2CC2)ccc1=O. The molecule has 1 saturated carbocycles. The van der Waals surface area contributed by atoms with Crippen LogP contribution in [0, 0.1) is 0 Å².